The van der Waals surface area contributed by atoms with Gasteiger partial charge in [-0.3, -0.25) is 4.99 Å². The van der Waals surface area contributed by atoms with Gasteiger partial charge in [0.05, 0.1) is 21.3 Å². The van der Waals surface area contributed by atoms with Gasteiger partial charge < -0.3 is 24.8 Å². The van der Waals surface area contributed by atoms with Crippen LogP contribution in [-0.4, -0.2) is 40.9 Å². The average molecular weight is 383 g/mol. The summed E-state index contributed by atoms with van der Waals surface area (Å²) in [6, 6.07) is 14.2. The number of ether oxygens (including phenoxy) is 3. The van der Waals surface area contributed by atoms with Gasteiger partial charge in [-0.15, -0.1) is 0 Å². The van der Waals surface area contributed by atoms with Gasteiger partial charge in [-0.25, -0.2) is 0 Å². The van der Waals surface area contributed by atoms with Gasteiger partial charge >= 0.3 is 0 Å². The lowest BCUT2D eigenvalue weighted by Gasteiger charge is -2.21. The maximum atomic E-state index is 5.56. The van der Waals surface area contributed by atoms with E-state index in [9.17, 15) is 0 Å². The van der Waals surface area contributed by atoms with Crippen LogP contribution in [0.3, 0.4) is 0 Å². The Morgan fingerprint density at radius 2 is 1.64 bits per heavy atom. The van der Waals surface area contributed by atoms with Gasteiger partial charge in [0.15, 0.2) is 17.5 Å². The number of nitrogens with zero attached hydrogens (tertiary/aromatic N) is 1. The molecule has 28 heavy (non-hydrogen) atoms. The predicted octanol–water partition coefficient (Wildman–Crippen LogP) is 3.11. The maximum absolute atomic E-state index is 5.56. The smallest absolute Gasteiger partial charge is 0.191 e. The molecule has 2 N–H and O–H groups in total. The first kappa shape index (κ1) is 19.9. The third kappa shape index (κ3) is 4.32. The summed E-state index contributed by atoms with van der Waals surface area (Å²) in [7, 11) is 6.79. The van der Waals surface area contributed by atoms with Crippen LogP contribution in [0.25, 0.3) is 0 Å². The zero-order valence-corrected chi connectivity index (χ0v) is 17.0. The summed E-state index contributed by atoms with van der Waals surface area (Å²) in [6.45, 7) is 1.46. The standard InChI is InChI=1S/C22H29N3O3/c1-23-21(24-14-16-9-10-19(27-3)20(13-16)28-4)25-15-22(11-12-22)17-7-5-6-8-18(17)26-2/h5-10,13H,11-12,14-15H2,1-4H3,(H2,23,24,25). The second-order valence-corrected chi connectivity index (χ2v) is 6.95. The minimum absolute atomic E-state index is 0.119. The topological polar surface area (TPSA) is 64.1 Å². The number of hydrogen-bond acceptors (Lipinski definition) is 4. The van der Waals surface area contributed by atoms with Gasteiger partial charge in [0.1, 0.15) is 5.75 Å². The van der Waals surface area contributed by atoms with Gasteiger partial charge in [-0.2, -0.15) is 0 Å². The Kier molecular flexibility index (Phi) is 6.29. The van der Waals surface area contributed by atoms with Crippen molar-refractivity contribution in [3.63, 3.8) is 0 Å². The van der Waals surface area contributed by atoms with Gasteiger partial charge in [0, 0.05) is 31.1 Å². The van der Waals surface area contributed by atoms with E-state index >= 15 is 0 Å². The van der Waals surface area contributed by atoms with Crippen LogP contribution in [0.1, 0.15) is 24.0 Å². The van der Waals surface area contributed by atoms with Crippen molar-refractivity contribution in [1.29, 1.82) is 0 Å². The van der Waals surface area contributed by atoms with E-state index in [-0.39, 0.29) is 5.41 Å². The molecule has 2 aromatic carbocycles. The van der Waals surface area contributed by atoms with E-state index in [1.165, 1.54) is 5.56 Å². The largest absolute Gasteiger partial charge is 0.496 e. The highest BCUT2D eigenvalue weighted by atomic mass is 16.5. The van der Waals surface area contributed by atoms with Crippen molar-refractivity contribution >= 4 is 5.96 Å². The van der Waals surface area contributed by atoms with E-state index in [1.807, 2.05) is 30.3 Å². The molecule has 0 radical (unpaired) electrons. The molecule has 3 rings (SSSR count). The Morgan fingerprint density at radius 3 is 2.29 bits per heavy atom. The Balaban J connectivity index is 1.60. The molecular weight excluding hydrogens is 354 g/mol. The molecule has 0 amide bonds. The SMILES string of the molecule is CN=C(NCc1ccc(OC)c(OC)c1)NCC1(c2ccccc2OC)CC1. The molecular formula is C22H29N3O3. The normalized spacial score (nSPS) is 14.9. The first-order valence-corrected chi connectivity index (χ1v) is 9.44. The summed E-state index contributed by atoms with van der Waals surface area (Å²) < 4.78 is 16.2. The fourth-order valence-electron chi connectivity index (χ4n) is 3.42. The highest BCUT2D eigenvalue weighted by Crippen LogP contribution is 2.50. The van der Waals surface area contributed by atoms with Crippen LogP contribution in [0.15, 0.2) is 47.5 Å². The lowest BCUT2D eigenvalue weighted by Crippen LogP contribution is -2.41. The van der Waals surface area contributed by atoms with Crippen LogP contribution < -0.4 is 24.8 Å². The van der Waals surface area contributed by atoms with Crippen molar-refractivity contribution in [2.75, 3.05) is 34.9 Å². The van der Waals surface area contributed by atoms with Crippen molar-refractivity contribution in [2.24, 2.45) is 4.99 Å². The van der Waals surface area contributed by atoms with Crippen molar-refractivity contribution in [2.45, 2.75) is 24.8 Å². The first-order valence-electron chi connectivity index (χ1n) is 9.44. The van der Waals surface area contributed by atoms with Crippen molar-refractivity contribution < 1.29 is 14.2 Å². The summed E-state index contributed by atoms with van der Waals surface area (Å²) >= 11 is 0. The van der Waals surface area contributed by atoms with Crippen LogP contribution in [-0.2, 0) is 12.0 Å². The molecule has 0 heterocycles. The van der Waals surface area contributed by atoms with Crippen LogP contribution in [0.4, 0.5) is 0 Å². The van der Waals surface area contributed by atoms with E-state index in [0.717, 1.165) is 48.2 Å². The lowest BCUT2D eigenvalue weighted by atomic mass is 9.95. The number of hydrogen-bond donors (Lipinski definition) is 2. The highest BCUT2D eigenvalue weighted by Gasteiger charge is 2.46. The van der Waals surface area contributed by atoms with E-state index in [1.54, 1.807) is 28.4 Å². The number of methoxy groups -OCH3 is 3. The molecule has 0 spiro atoms. The van der Waals surface area contributed by atoms with Gasteiger partial charge in [-0.1, -0.05) is 24.3 Å². The van der Waals surface area contributed by atoms with Crippen LogP contribution in [0.2, 0.25) is 0 Å². The predicted molar refractivity (Wildman–Crippen MR) is 112 cm³/mol. The van der Waals surface area contributed by atoms with E-state index in [0.29, 0.717) is 6.54 Å². The quantitative estimate of drug-likeness (QED) is 0.542. The third-order valence-corrected chi connectivity index (χ3v) is 5.26. The summed E-state index contributed by atoms with van der Waals surface area (Å²) in [5, 5.41) is 6.84. The fraction of sp³-hybridized carbons (Fsp3) is 0.409. The van der Waals surface area contributed by atoms with E-state index in [4.69, 9.17) is 14.2 Å². The molecule has 1 fully saturated rings. The lowest BCUT2D eigenvalue weighted by molar-refractivity contribution is 0.354. The molecule has 0 bridgehead atoms. The van der Waals surface area contributed by atoms with Gasteiger partial charge in [0.25, 0.3) is 0 Å². The minimum atomic E-state index is 0.119. The van der Waals surface area contributed by atoms with Crippen LogP contribution >= 0.6 is 0 Å². The second kappa shape index (κ2) is 8.87. The van der Waals surface area contributed by atoms with Gasteiger partial charge in [0.2, 0.25) is 0 Å². The molecule has 150 valence electrons. The van der Waals surface area contributed by atoms with Crippen molar-refractivity contribution in [3.05, 3.63) is 53.6 Å². The molecule has 6 heteroatoms. The Hall–Kier alpha value is -2.89. The van der Waals surface area contributed by atoms with Crippen LogP contribution in [0, 0.1) is 0 Å². The Morgan fingerprint density at radius 1 is 0.929 bits per heavy atom. The van der Waals surface area contributed by atoms with Gasteiger partial charge in [-0.05, 0) is 36.6 Å². The summed E-state index contributed by atoms with van der Waals surface area (Å²) in [6.07, 6.45) is 2.29. The molecule has 0 atom stereocenters. The molecule has 0 aromatic heterocycles. The van der Waals surface area contributed by atoms with E-state index in [2.05, 4.69) is 27.8 Å². The van der Waals surface area contributed by atoms with Crippen molar-refractivity contribution in [3.8, 4) is 17.2 Å². The fourth-order valence-corrected chi connectivity index (χ4v) is 3.42. The summed E-state index contributed by atoms with van der Waals surface area (Å²) in [5.74, 6) is 3.17. The monoisotopic (exact) mass is 383 g/mol. The van der Waals surface area contributed by atoms with Crippen molar-refractivity contribution in [1.82, 2.24) is 10.6 Å². The Bertz CT molecular complexity index is 832. The molecule has 1 saturated carbocycles. The molecule has 1 aliphatic rings. The zero-order chi connectivity index (χ0) is 20.0. The molecule has 1 aliphatic carbocycles. The number of rotatable bonds is 8. The second-order valence-electron chi connectivity index (χ2n) is 6.95. The highest BCUT2D eigenvalue weighted by molar-refractivity contribution is 5.79. The number of para-hydroxylation sites is 1. The Labute approximate surface area is 166 Å². The average Bonchev–Trinajstić information content (AvgIpc) is 3.54. The number of guanidine groups is 1. The third-order valence-electron chi connectivity index (χ3n) is 5.26. The molecule has 2 aromatic rings. The maximum Gasteiger partial charge on any atom is 0.191 e. The molecule has 0 unspecified atom stereocenters. The molecule has 0 saturated heterocycles. The molecule has 0 aliphatic heterocycles. The number of benzene rings is 2. The molecule has 6 nitrogen and oxygen atoms in total. The zero-order valence-electron chi connectivity index (χ0n) is 17.0. The summed E-state index contributed by atoms with van der Waals surface area (Å²) in [4.78, 5) is 4.35. The van der Waals surface area contributed by atoms with Crippen LogP contribution in [0.5, 0.6) is 17.2 Å². The minimum Gasteiger partial charge on any atom is -0.496 e. The summed E-state index contributed by atoms with van der Waals surface area (Å²) in [5.41, 5.74) is 2.47. The number of nitrogens with one attached hydrogen (secondary N) is 2. The van der Waals surface area contributed by atoms with E-state index < -0.39 is 0 Å². The first-order chi connectivity index (χ1) is 13.7. The number of aliphatic imine (C=N–C) groups is 1.